The minimum Gasteiger partial charge on any atom is -0.374 e. The smallest absolute Gasteiger partial charge is 0.374 e. The topological polar surface area (TPSA) is 15.3 Å². The fourth-order valence-electron chi connectivity index (χ4n) is 2.70. The number of nitrogens with one attached hydrogen (secondary N) is 1. The predicted octanol–water partition coefficient (Wildman–Crippen LogP) is 3.67. The number of nitrogens with zero attached hydrogens (tertiary/aromatic N) is 1. The molecule has 1 aromatic rings. The quantitative estimate of drug-likeness (QED) is 0.908. The highest BCUT2D eigenvalue weighted by Crippen LogP contribution is 2.35. The van der Waals surface area contributed by atoms with Crippen LogP contribution < -0.4 is 10.2 Å². The molecule has 0 bridgehead atoms. The molecule has 5 heteroatoms. The minimum absolute atomic E-state index is 0.319. The summed E-state index contributed by atoms with van der Waals surface area (Å²) in [6, 6.07) is 3.56. The van der Waals surface area contributed by atoms with Crippen LogP contribution in [-0.4, -0.2) is 26.3 Å². The fraction of sp³-hybridized carbons (Fsp3) is 0.600. The van der Waals surface area contributed by atoms with E-state index in [0.717, 1.165) is 30.6 Å². The van der Waals surface area contributed by atoms with Crippen LogP contribution in [0.2, 0.25) is 0 Å². The SMILES string of the molecule is CCCNC(c1ccc2c(c1)CCCN2C)C(F)(F)F. The van der Waals surface area contributed by atoms with Gasteiger partial charge in [-0.15, -0.1) is 0 Å². The van der Waals surface area contributed by atoms with Gasteiger partial charge in [0.15, 0.2) is 0 Å². The molecule has 1 aromatic carbocycles. The van der Waals surface area contributed by atoms with Gasteiger partial charge in [0.25, 0.3) is 0 Å². The van der Waals surface area contributed by atoms with Crippen LogP contribution in [0.4, 0.5) is 18.9 Å². The van der Waals surface area contributed by atoms with E-state index in [1.165, 1.54) is 0 Å². The van der Waals surface area contributed by atoms with E-state index >= 15 is 0 Å². The molecule has 0 saturated carbocycles. The Morgan fingerprint density at radius 1 is 1.35 bits per heavy atom. The molecule has 112 valence electrons. The van der Waals surface area contributed by atoms with Crippen molar-refractivity contribution in [1.29, 1.82) is 0 Å². The Morgan fingerprint density at radius 3 is 2.75 bits per heavy atom. The van der Waals surface area contributed by atoms with Crippen LogP contribution in [0.25, 0.3) is 0 Å². The lowest BCUT2D eigenvalue weighted by atomic mass is 9.96. The van der Waals surface area contributed by atoms with Gasteiger partial charge in [-0.25, -0.2) is 0 Å². The van der Waals surface area contributed by atoms with Crippen LogP contribution in [0.15, 0.2) is 18.2 Å². The number of anilines is 1. The first-order chi connectivity index (χ1) is 9.43. The van der Waals surface area contributed by atoms with Crippen molar-refractivity contribution in [2.24, 2.45) is 0 Å². The van der Waals surface area contributed by atoms with E-state index in [9.17, 15) is 13.2 Å². The Bertz CT molecular complexity index is 457. The zero-order valence-electron chi connectivity index (χ0n) is 11.9. The monoisotopic (exact) mass is 286 g/mol. The van der Waals surface area contributed by atoms with Gasteiger partial charge in [0.1, 0.15) is 6.04 Å². The Hall–Kier alpha value is -1.23. The van der Waals surface area contributed by atoms with Gasteiger partial charge in [-0.2, -0.15) is 13.2 Å². The second-order valence-electron chi connectivity index (χ2n) is 5.34. The number of fused-ring (bicyclic) bond motifs is 1. The van der Waals surface area contributed by atoms with Gasteiger partial charge >= 0.3 is 6.18 Å². The predicted molar refractivity (Wildman–Crippen MR) is 75.1 cm³/mol. The Morgan fingerprint density at radius 2 is 2.10 bits per heavy atom. The number of rotatable bonds is 4. The fourth-order valence-corrected chi connectivity index (χ4v) is 2.70. The van der Waals surface area contributed by atoms with E-state index in [0.29, 0.717) is 18.5 Å². The molecule has 0 radical (unpaired) electrons. The minimum atomic E-state index is -4.26. The summed E-state index contributed by atoms with van der Waals surface area (Å²) in [4.78, 5) is 2.10. The highest BCUT2D eigenvalue weighted by molar-refractivity contribution is 5.56. The maximum absolute atomic E-state index is 13.2. The van der Waals surface area contributed by atoms with Crippen molar-refractivity contribution in [3.05, 3.63) is 29.3 Å². The van der Waals surface area contributed by atoms with Gasteiger partial charge in [-0.05, 0) is 43.0 Å². The summed E-state index contributed by atoms with van der Waals surface area (Å²) < 4.78 is 39.5. The molecule has 0 saturated heterocycles. The van der Waals surface area contributed by atoms with Gasteiger partial charge in [-0.3, -0.25) is 0 Å². The Labute approximate surface area is 118 Å². The normalized spacial score (nSPS) is 16.9. The summed E-state index contributed by atoms with van der Waals surface area (Å²) in [5.74, 6) is 0. The van der Waals surface area contributed by atoms with Crippen molar-refractivity contribution in [3.8, 4) is 0 Å². The van der Waals surface area contributed by atoms with E-state index in [-0.39, 0.29) is 0 Å². The van der Waals surface area contributed by atoms with E-state index in [1.807, 2.05) is 20.0 Å². The molecule has 2 nitrogen and oxygen atoms in total. The van der Waals surface area contributed by atoms with Gasteiger partial charge < -0.3 is 10.2 Å². The summed E-state index contributed by atoms with van der Waals surface area (Å²) in [6.07, 6.45) is -1.73. The molecular formula is C15H21F3N2. The van der Waals surface area contributed by atoms with Crippen LogP contribution in [-0.2, 0) is 6.42 Å². The van der Waals surface area contributed by atoms with E-state index in [4.69, 9.17) is 0 Å². The average Bonchev–Trinajstić information content (AvgIpc) is 2.38. The zero-order chi connectivity index (χ0) is 14.8. The van der Waals surface area contributed by atoms with Crippen LogP contribution in [0.3, 0.4) is 0 Å². The standard InChI is InChI=1S/C15H21F3N2/c1-3-8-19-14(15(16,17)18)12-6-7-13-11(10-12)5-4-9-20(13)2/h6-7,10,14,19H,3-5,8-9H2,1-2H3. The second kappa shape index (κ2) is 6.04. The van der Waals surface area contributed by atoms with E-state index in [2.05, 4.69) is 10.2 Å². The molecule has 0 spiro atoms. The molecule has 20 heavy (non-hydrogen) atoms. The lowest BCUT2D eigenvalue weighted by Crippen LogP contribution is -2.35. The molecule has 1 atom stereocenters. The zero-order valence-corrected chi connectivity index (χ0v) is 11.9. The molecule has 0 fully saturated rings. The highest BCUT2D eigenvalue weighted by atomic mass is 19.4. The lowest BCUT2D eigenvalue weighted by molar-refractivity contribution is -0.157. The lowest BCUT2D eigenvalue weighted by Gasteiger charge is -2.29. The number of alkyl halides is 3. The maximum atomic E-state index is 13.2. The molecule has 1 N–H and O–H groups in total. The van der Waals surface area contributed by atoms with Crippen molar-refractivity contribution in [1.82, 2.24) is 5.32 Å². The number of aryl methyl sites for hydroxylation is 1. The van der Waals surface area contributed by atoms with Crippen molar-refractivity contribution in [3.63, 3.8) is 0 Å². The average molecular weight is 286 g/mol. The first-order valence-electron chi connectivity index (χ1n) is 7.07. The molecule has 0 aliphatic carbocycles. The van der Waals surface area contributed by atoms with Gasteiger partial charge in [-0.1, -0.05) is 19.1 Å². The molecule has 1 heterocycles. The van der Waals surface area contributed by atoms with Crippen LogP contribution in [0.1, 0.15) is 36.9 Å². The van der Waals surface area contributed by atoms with Crippen LogP contribution in [0.5, 0.6) is 0 Å². The third kappa shape index (κ3) is 3.26. The van der Waals surface area contributed by atoms with Crippen molar-refractivity contribution in [2.75, 3.05) is 25.0 Å². The van der Waals surface area contributed by atoms with Gasteiger partial charge in [0, 0.05) is 19.3 Å². The summed E-state index contributed by atoms with van der Waals surface area (Å²) in [7, 11) is 1.98. The Balaban J connectivity index is 2.30. The molecule has 1 aliphatic rings. The van der Waals surface area contributed by atoms with Crippen LogP contribution >= 0.6 is 0 Å². The largest absolute Gasteiger partial charge is 0.407 e. The van der Waals surface area contributed by atoms with Crippen molar-refractivity contribution < 1.29 is 13.2 Å². The summed E-state index contributed by atoms with van der Waals surface area (Å²) in [5.41, 5.74) is 2.39. The number of benzene rings is 1. The number of hydrogen-bond acceptors (Lipinski definition) is 2. The second-order valence-corrected chi connectivity index (χ2v) is 5.34. The molecule has 1 aliphatic heterocycles. The summed E-state index contributed by atoms with van der Waals surface area (Å²) >= 11 is 0. The van der Waals surface area contributed by atoms with Gasteiger partial charge in [0.2, 0.25) is 0 Å². The first kappa shape index (κ1) is 15.2. The van der Waals surface area contributed by atoms with E-state index < -0.39 is 12.2 Å². The summed E-state index contributed by atoms with van der Waals surface area (Å²) in [5, 5.41) is 2.61. The number of halogens is 3. The van der Waals surface area contributed by atoms with Gasteiger partial charge in [0.05, 0.1) is 0 Å². The first-order valence-corrected chi connectivity index (χ1v) is 7.07. The molecule has 0 aromatic heterocycles. The van der Waals surface area contributed by atoms with Crippen molar-refractivity contribution in [2.45, 2.75) is 38.4 Å². The van der Waals surface area contributed by atoms with Crippen molar-refractivity contribution >= 4 is 5.69 Å². The molecule has 0 amide bonds. The Kier molecular flexibility index (Phi) is 4.58. The third-order valence-corrected chi connectivity index (χ3v) is 3.71. The molecule has 1 unspecified atom stereocenters. The molecule has 2 rings (SSSR count). The molecular weight excluding hydrogens is 265 g/mol. The van der Waals surface area contributed by atoms with E-state index in [1.54, 1.807) is 12.1 Å². The highest BCUT2D eigenvalue weighted by Gasteiger charge is 2.40. The maximum Gasteiger partial charge on any atom is 0.407 e. The number of hydrogen-bond donors (Lipinski definition) is 1. The third-order valence-electron chi connectivity index (χ3n) is 3.71. The van der Waals surface area contributed by atoms with Crippen LogP contribution in [0, 0.1) is 0 Å². The summed E-state index contributed by atoms with van der Waals surface area (Å²) in [6.45, 7) is 3.19.